The summed E-state index contributed by atoms with van der Waals surface area (Å²) in [5.41, 5.74) is 0. The van der Waals surface area contributed by atoms with Crippen LogP contribution in [0.5, 0.6) is 0 Å². The smallest absolute Gasteiger partial charge is 0.0387 e. The molecular formula is C9H19Br. The van der Waals surface area contributed by atoms with Gasteiger partial charge in [-0.15, -0.1) is 0 Å². The first-order valence-corrected chi connectivity index (χ1v) is 4.89. The molecule has 0 aliphatic carbocycles. The Hall–Kier alpha value is 0.480. The zero-order valence-corrected chi connectivity index (χ0v) is 8.28. The molecule has 0 fully saturated rings. The zero-order valence-electron chi connectivity index (χ0n) is 9.70. The summed E-state index contributed by atoms with van der Waals surface area (Å²) in [6, 6.07) is 0. The molecule has 62 valence electrons. The summed E-state index contributed by atoms with van der Waals surface area (Å²) in [7, 11) is 0. The lowest BCUT2D eigenvalue weighted by atomic mass is 10.1. The van der Waals surface area contributed by atoms with Gasteiger partial charge in [0.05, 0.1) is 0 Å². The summed E-state index contributed by atoms with van der Waals surface area (Å²) in [6.45, 7) is 2.17. The van der Waals surface area contributed by atoms with E-state index >= 15 is 0 Å². The maximum Gasteiger partial charge on any atom is 0.0387 e. The Kier molecular flexibility index (Phi) is 5.73. The van der Waals surface area contributed by atoms with Crippen LogP contribution in [0.15, 0.2) is 0 Å². The van der Waals surface area contributed by atoms with Crippen molar-refractivity contribution in [2.75, 3.05) is 5.28 Å². The van der Waals surface area contributed by atoms with Gasteiger partial charge in [-0.3, -0.25) is 0 Å². The first kappa shape index (κ1) is 6.05. The molecule has 0 bridgehead atoms. The van der Waals surface area contributed by atoms with Crippen LogP contribution in [0.4, 0.5) is 0 Å². The van der Waals surface area contributed by atoms with Crippen LogP contribution in [-0.2, 0) is 0 Å². The predicted molar refractivity (Wildman–Crippen MR) is 51.8 cm³/mol. The summed E-state index contributed by atoms with van der Waals surface area (Å²) >= 11 is 2.87. The first-order valence-electron chi connectivity index (χ1n) is 5.67. The Labute approximate surface area is 77.7 Å². The molecule has 1 unspecified atom stereocenters. The molecule has 0 N–H and O–H groups in total. The van der Waals surface area contributed by atoms with E-state index in [2.05, 4.69) is 22.9 Å². The second-order valence-electron chi connectivity index (χ2n) is 2.52. The molecular weight excluding hydrogens is 188 g/mol. The molecule has 0 saturated heterocycles. The second-order valence-corrected chi connectivity index (χ2v) is 2.97. The predicted octanol–water partition coefficient (Wildman–Crippen LogP) is 4.13. The van der Waals surface area contributed by atoms with Crippen molar-refractivity contribution in [1.82, 2.24) is 0 Å². The van der Waals surface area contributed by atoms with E-state index in [4.69, 9.17) is 4.11 Å². The van der Waals surface area contributed by atoms with E-state index < -0.39 is 11.7 Å². The van der Waals surface area contributed by atoms with Crippen LogP contribution >= 0.6 is 15.9 Å². The molecule has 0 aromatic heterocycles. The molecule has 1 heteroatoms. The highest BCUT2D eigenvalue weighted by Crippen LogP contribution is 2.07. The van der Waals surface area contributed by atoms with E-state index in [9.17, 15) is 0 Å². The summed E-state index contributed by atoms with van der Waals surface area (Å²) in [5, 5.41) is -1.52. The van der Waals surface area contributed by atoms with Crippen LogP contribution in [0.3, 0.4) is 0 Å². The third-order valence-corrected chi connectivity index (χ3v) is 1.85. The Morgan fingerprint density at radius 2 is 1.70 bits per heavy atom. The van der Waals surface area contributed by atoms with Crippen molar-refractivity contribution in [3.8, 4) is 0 Å². The van der Waals surface area contributed by atoms with E-state index in [0.29, 0.717) is 6.42 Å². The monoisotopic (exact) mass is 209 g/mol. The van der Waals surface area contributed by atoms with Crippen molar-refractivity contribution < 1.29 is 4.11 Å². The molecule has 0 amide bonds. The molecule has 0 rings (SSSR count). The van der Waals surface area contributed by atoms with Crippen molar-refractivity contribution in [2.24, 2.45) is 0 Å². The van der Waals surface area contributed by atoms with Crippen molar-refractivity contribution in [2.45, 2.75) is 51.8 Å². The Morgan fingerprint density at radius 1 is 1.10 bits per heavy atom. The maximum atomic E-state index is 7.48. The number of hydrogen-bond acceptors (Lipinski definition) is 0. The minimum Gasteiger partial charge on any atom is -0.0928 e. The first-order chi connectivity index (χ1) is 5.98. The van der Waals surface area contributed by atoms with Crippen molar-refractivity contribution >= 4 is 15.9 Å². The van der Waals surface area contributed by atoms with Crippen LogP contribution in [-0.4, -0.2) is 5.28 Å². The van der Waals surface area contributed by atoms with Gasteiger partial charge in [0, 0.05) is 9.39 Å². The van der Waals surface area contributed by atoms with Gasteiger partial charge in [0.25, 0.3) is 0 Å². The fraction of sp³-hybridized carbons (Fsp3) is 1.00. The minimum atomic E-state index is -1.52. The van der Waals surface area contributed by atoms with Gasteiger partial charge in [-0.1, -0.05) is 61.4 Å². The number of halogens is 1. The molecule has 0 aliphatic rings. The van der Waals surface area contributed by atoms with Crippen molar-refractivity contribution in [3.05, 3.63) is 0 Å². The standard InChI is InChI=1S/C9H19Br/c1-2-3-4-5-6-7-8-9-10/h2-9H2,1H3/i8D,9D2. The van der Waals surface area contributed by atoms with Gasteiger partial charge in [-0.2, -0.15) is 0 Å². The molecule has 0 saturated carbocycles. The van der Waals surface area contributed by atoms with E-state index in [1.807, 2.05) is 0 Å². The number of unbranched alkanes of at least 4 members (excludes halogenated alkanes) is 4. The van der Waals surface area contributed by atoms with Gasteiger partial charge in [-0.25, -0.2) is 0 Å². The lowest BCUT2D eigenvalue weighted by Crippen LogP contribution is -1.79. The lowest BCUT2D eigenvalue weighted by Gasteiger charge is -1.97. The molecule has 0 heterocycles. The number of alkyl halides is 1. The molecule has 0 spiro atoms. The fourth-order valence-corrected chi connectivity index (χ4v) is 1.13. The number of hydrogen-bond donors (Lipinski definition) is 0. The molecule has 0 aromatic carbocycles. The van der Waals surface area contributed by atoms with Crippen LogP contribution in [0.1, 0.15) is 56.0 Å². The molecule has 0 aliphatic heterocycles. The number of rotatable bonds is 7. The van der Waals surface area contributed by atoms with Crippen molar-refractivity contribution in [1.29, 1.82) is 0 Å². The Morgan fingerprint density at radius 3 is 2.30 bits per heavy atom. The molecule has 0 aromatic rings. The van der Waals surface area contributed by atoms with Gasteiger partial charge < -0.3 is 0 Å². The highest BCUT2D eigenvalue weighted by molar-refractivity contribution is 9.09. The van der Waals surface area contributed by atoms with E-state index in [1.165, 1.54) is 19.3 Å². The molecule has 0 nitrogen and oxygen atoms in total. The Bertz CT molecular complexity index is 123. The van der Waals surface area contributed by atoms with Crippen LogP contribution in [0.2, 0.25) is 0 Å². The normalized spacial score (nSPS) is 19.2. The zero-order chi connectivity index (χ0) is 10.3. The summed E-state index contributed by atoms with van der Waals surface area (Å²) in [5.74, 6) is 0. The average Bonchev–Trinajstić information content (AvgIpc) is 2.02. The SMILES string of the molecule is [2H]C(CCCCCCC)C([2H])([2H])Br. The van der Waals surface area contributed by atoms with Crippen LogP contribution in [0.25, 0.3) is 0 Å². The van der Waals surface area contributed by atoms with Gasteiger partial charge in [-0.05, 0) is 6.40 Å². The van der Waals surface area contributed by atoms with E-state index in [0.717, 1.165) is 12.8 Å². The van der Waals surface area contributed by atoms with Gasteiger partial charge in [0.2, 0.25) is 0 Å². The minimum absolute atomic E-state index is 0.630. The van der Waals surface area contributed by atoms with Crippen LogP contribution < -0.4 is 0 Å². The lowest BCUT2D eigenvalue weighted by molar-refractivity contribution is 0.604. The van der Waals surface area contributed by atoms with Gasteiger partial charge in [0.1, 0.15) is 0 Å². The topological polar surface area (TPSA) is 0 Å². The average molecular weight is 210 g/mol. The van der Waals surface area contributed by atoms with E-state index in [1.54, 1.807) is 0 Å². The maximum absolute atomic E-state index is 7.48. The highest BCUT2D eigenvalue weighted by atomic mass is 79.9. The molecule has 0 radical (unpaired) electrons. The van der Waals surface area contributed by atoms with E-state index in [-0.39, 0.29) is 0 Å². The Balaban J connectivity index is 3.32. The van der Waals surface area contributed by atoms with Gasteiger partial charge in [0.15, 0.2) is 0 Å². The summed E-state index contributed by atoms with van der Waals surface area (Å²) in [4.78, 5) is 0. The summed E-state index contributed by atoms with van der Waals surface area (Å²) in [6.07, 6.45) is 5.82. The second kappa shape index (κ2) is 9.48. The largest absolute Gasteiger partial charge is 0.0928 e. The summed E-state index contributed by atoms with van der Waals surface area (Å²) < 4.78 is 22.0. The van der Waals surface area contributed by atoms with Gasteiger partial charge >= 0.3 is 0 Å². The quantitative estimate of drug-likeness (QED) is 0.437. The molecule has 1 atom stereocenters. The van der Waals surface area contributed by atoms with Crippen LogP contribution in [0, 0.1) is 0 Å². The fourth-order valence-electron chi connectivity index (χ4n) is 0.905. The highest BCUT2D eigenvalue weighted by Gasteiger charge is 1.88. The van der Waals surface area contributed by atoms with Crippen molar-refractivity contribution in [3.63, 3.8) is 0 Å². The molecule has 10 heavy (non-hydrogen) atoms. The third kappa shape index (κ3) is 8.48. The third-order valence-electron chi connectivity index (χ3n) is 1.53.